The van der Waals surface area contributed by atoms with Crippen molar-refractivity contribution < 1.29 is 24.3 Å². The lowest BCUT2D eigenvalue weighted by molar-refractivity contribution is -0.127. The zero-order valence-electron chi connectivity index (χ0n) is 20.8. The number of nitrogens with one attached hydrogen (secondary N) is 2. The van der Waals surface area contributed by atoms with Crippen molar-refractivity contribution in [1.29, 1.82) is 0 Å². The molecule has 0 unspecified atom stereocenters. The van der Waals surface area contributed by atoms with E-state index in [4.69, 9.17) is 11.6 Å². The van der Waals surface area contributed by atoms with Gasteiger partial charge in [-0.3, -0.25) is 9.59 Å². The SMILES string of the molecule is Cc1cc(/C=C2\NC(=O)N(CC(=O)Nc3ccc(Cl)cc3)C2=O)c(C)n1-c1sc2c(c1C(=O)O)CCCC2. The van der Waals surface area contributed by atoms with Crippen molar-refractivity contribution in [3.63, 3.8) is 0 Å². The number of carbonyl (C=O) groups is 4. The van der Waals surface area contributed by atoms with Crippen molar-refractivity contribution in [1.82, 2.24) is 14.8 Å². The molecule has 5 rings (SSSR count). The molecular formula is C27H25ClN4O5S. The standard InChI is InChI=1S/C27H25ClN4O5S/c1-14-11-16(15(2)32(14)25-23(26(35)36)19-5-3-4-6-21(19)38-25)12-20-24(34)31(27(37)30-20)13-22(33)29-18-9-7-17(28)8-10-18/h7-12H,3-6,13H2,1-2H3,(H,29,33)(H,30,37)(H,35,36)/b20-12-. The van der Waals surface area contributed by atoms with Crippen LogP contribution in [0.25, 0.3) is 11.1 Å². The van der Waals surface area contributed by atoms with E-state index >= 15 is 0 Å². The summed E-state index contributed by atoms with van der Waals surface area (Å²) in [5, 5.41) is 16.4. The van der Waals surface area contributed by atoms with Crippen molar-refractivity contribution in [3.05, 3.63) is 74.0 Å². The van der Waals surface area contributed by atoms with Crippen molar-refractivity contribution in [2.24, 2.45) is 0 Å². The number of hydrogen-bond donors (Lipinski definition) is 3. The van der Waals surface area contributed by atoms with Gasteiger partial charge in [0.25, 0.3) is 5.91 Å². The summed E-state index contributed by atoms with van der Waals surface area (Å²) >= 11 is 7.36. The first-order valence-electron chi connectivity index (χ1n) is 12.1. The molecule has 0 spiro atoms. The first-order valence-corrected chi connectivity index (χ1v) is 13.3. The zero-order valence-corrected chi connectivity index (χ0v) is 22.3. The number of aromatic nitrogens is 1. The fraction of sp³-hybridized carbons (Fsp3) is 0.259. The first kappa shape index (κ1) is 25.7. The van der Waals surface area contributed by atoms with Gasteiger partial charge < -0.3 is 20.3 Å². The van der Waals surface area contributed by atoms with Crippen LogP contribution in [0.4, 0.5) is 10.5 Å². The lowest BCUT2D eigenvalue weighted by Gasteiger charge is -2.12. The third-order valence-corrected chi connectivity index (χ3v) is 8.26. The molecule has 2 aliphatic rings. The lowest BCUT2D eigenvalue weighted by atomic mass is 9.95. The van der Waals surface area contributed by atoms with Gasteiger partial charge in [-0.1, -0.05) is 11.6 Å². The Morgan fingerprint density at radius 3 is 2.58 bits per heavy atom. The number of benzene rings is 1. The molecule has 3 heterocycles. The Morgan fingerprint density at radius 1 is 1.16 bits per heavy atom. The Labute approximate surface area is 227 Å². The number of rotatable bonds is 6. The fourth-order valence-corrected chi connectivity index (χ4v) is 6.54. The minimum Gasteiger partial charge on any atom is -0.478 e. The van der Waals surface area contributed by atoms with Crippen LogP contribution < -0.4 is 10.6 Å². The predicted octanol–water partition coefficient (Wildman–Crippen LogP) is 4.92. The number of thiophene rings is 1. The number of hydrogen-bond acceptors (Lipinski definition) is 5. The molecule has 1 fully saturated rings. The number of carbonyl (C=O) groups excluding carboxylic acids is 3. The van der Waals surface area contributed by atoms with Crippen molar-refractivity contribution in [2.75, 3.05) is 11.9 Å². The number of imide groups is 1. The zero-order chi connectivity index (χ0) is 27.1. The summed E-state index contributed by atoms with van der Waals surface area (Å²) < 4.78 is 1.90. The molecule has 9 nitrogen and oxygen atoms in total. The second-order valence-electron chi connectivity index (χ2n) is 9.29. The molecule has 3 aromatic rings. The topological polar surface area (TPSA) is 121 Å². The molecule has 11 heteroatoms. The van der Waals surface area contributed by atoms with Gasteiger partial charge in [-0.15, -0.1) is 11.3 Å². The smallest absolute Gasteiger partial charge is 0.339 e. The van der Waals surface area contributed by atoms with Crippen LogP contribution in [0.5, 0.6) is 0 Å². The minimum atomic E-state index is -0.947. The van der Waals surface area contributed by atoms with E-state index in [1.54, 1.807) is 30.3 Å². The van der Waals surface area contributed by atoms with E-state index in [1.807, 2.05) is 24.5 Å². The van der Waals surface area contributed by atoms with Crippen LogP contribution in [-0.4, -0.2) is 44.9 Å². The van der Waals surface area contributed by atoms with Crippen LogP contribution >= 0.6 is 22.9 Å². The molecule has 3 N–H and O–H groups in total. The number of nitrogens with zero attached hydrogens (tertiary/aromatic N) is 2. The molecule has 0 saturated carbocycles. The van der Waals surface area contributed by atoms with E-state index in [-0.39, 0.29) is 5.70 Å². The van der Waals surface area contributed by atoms with Crippen LogP contribution in [-0.2, 0) is 22.4 Å². The van der Waals surface area contributed by atoms with E-state index in [1.165, 1.54) is 11.3 Å². The second kappa shape index (κ2) is 10.1. The Hall–Kier alpha value is -3.89. The summed E-state index contributed by atoms with van der Waals surface area (Å²) in [5.41, 5.74) is 4.02. The van der Waals surface area contributed by atoms with Gasteiger partial charge in [0, 0.05) is 27.0 Å². The van der Waals surface area contributed by atoms with Gasteiger partial charge in [-0.05, 0) is 87.1 Å². The van der Waals surface area contributed by atoms with Gasteiger partial charge in [0.2, 0.25) is 5.91 Å². The lowest BCUT2D eigenvalue weighted by Crippen LogP contribution is -2.38. The highest BCUT2D eigenvalue weighted by molar-refractivity contribution is 7.15. The van der Waals surface area contributed by atoms with E-state index in [0.717, 1.165) is 52.4 Å². The molecule has 0 radical (unpaired) electrons. The molecule has 1 aliphatic carbocycles. The predicted molar refractivity (Wildman–Crippen MR) is 145 cm³/mol. The van der Waals surface area contributed by atoms with Gasteiger partial charge in [-0.25, -0.2) is 14.5 Å². The first-order chi connectivity index (χ1) is 18.1. The van der Waals surface area contributed by atoms with E-state index < -0.39 is 30.4 Å². The number of carboxylic acid groups (broad SMARTS) is 1. The maximum atomic E-state index is 13.0. The Balaban J connectivity index is 1.40. The highest BCUT2D eigenvalue weighted by Crippen LogP contribution is 2.39. The Bertz CT molecular complexity index is 1520. The van der Waals surface area contributed by atoms with E-state index in [2.05, 4.69) is 10.6 Å². The summed E-state index contributed by atoms with van der Waals surface area (Å²) in [5.74, 6) is -2.10. The number of urea groups is 1. The van der Waals surface area contributed by atoms with Crippen molar-refractivity contribution in [2.45, 2.75) is 39.5 Å². The molecule has 4 amide bonds. The molecule has 1 aromatic carbocycles. The molecule has 0 bridgehead atoms. The number of aryl methyl sites for hydroxylation is 2. The number of fused-ring (bicyclic) bond motifs is 1. The highest BCUT2D eigenvalue weighted by atomic mass is 35.5. The van der Waals surface area contributed by atoms with E-state index in [9.17, 15) is 24.3 Å². The van der Waals surface area contributed by atoms with E-state index in [0.29, 0.717) is 26.8 Å². The number of amides is 4. The summed E-state index contributed by atoms with van der Waals surface area (Å²) in [4.78, 5) is 52.1. The van der Waals surface area contributed by atoms with Crippen LogP contribution in [0, 0.1) is 13.8 Å². The number of carboxylic acids is 1. The van der Waals surface area contributed by atoms with Gasteiger partial charge in [-0.2, -0.15) is 0 Å². The molecule has 196 valence electrons. The summed E-state index contributed by atoms with van der Waals surface area (Å²) in [6.45, 7) is 3.27. The number of anilines is 1. The van der Waals surface area contributed by atoms with Gasteiger partial charge in [0.15, 0.2) is 0 Å². The molecule has 1 saturated heterocycles. The van der Waals surface area contributed by atoms with Crippen LogP contribution in [0.15, 0.2) is 36.0 Å². The fourth-order valence-electron chi connectivity index (χ4n) is 4.92. The molecular weight excluding hydrogens is 528 g/mol. The quantitative estimate of drug-likeness (QED) is 0.296. The van der Waals surface area contributed by atoms with Crippen molar-refractivity contribution in [3.8, 4) is 5.00 Å². The minimum absolute atomic E-state index is 0.0403. The molecule has 38 heavy (non-hydrogen) atoms. The number of aromatic carboxylic acids is 1. The van der Waals surface area contributed by atoms with Crippen LogP contribution in [0.1, 0.15) is 50.6 Å². The second-order valence-corrected chi connectivity index (χ2v) is 10.8. The van der Waals surface area contributed by atoms with Crippen molar-refractivity contribution >= 4 is 58.5 Å². The summed E-state index contributed by atoms with van der Waals surface area (Å²) in [7, 11) is 0. The normalized spacial score (nSPS) is 16.1. The highest BCUT2D eigenvalue weighted by Gasteiger charge is 2.35. The Kier molecular flexibility index (Phi) is 6.85. The summed E-state index contributed by atoms with van der Waals surface area (Å²) in [6, 6.07) is 7.63. The van der Waals surface area contributed by atoms with Crippen LogP contribution in [0.3, 0.4) is 0 Å². The largest absolute Gasteiger partial charge is 0.478 e. The average molecular weight is 553 g/mol. The van der Waals surface area contributed by atoms with Gasteiger partial charge in [0.1, 0.15) is 17.2 Å². The molecule has 1 aliphatic heterocycles. The summed E-state index contributed by atoms with van der Waals surface area (Å²) in [6.07, 6.45) is 5.21. The molecule has 2 aromatic heterocycles. The number of halogens is 1. The average Bonchev–Trinajstić information content (AvgIpc) is 3.47. The maximum Gasteiger partial charge on any atom is 0.339 e. The van der Waals surface area contributed by atoms with Crippen LogP contribution in [0.2, 0.25) is 5.02 Å². The maximum absolute atomic E-state index is 13.0. The van der Waals surface area contributed by atoms with Gasteiger partial charge in [0.05, 0.1) is 5.56 Å². The third kappa shape index (κ3) is 4.72. The molecule has 0 atom stereocenters. The Morgan fingerprint density at radius 2 is 1.87 bits per heavy atom. The third-order valence-electron chi connectivity index (χ3n) is 6.73. The van der Waals surface area contributed by atoms with Gasteiger partial charge >= 0.3 is 12.0 Å². The monoisotopic (exact) mass is 552 g/mol.